The first-order valence-electron chi connectivity index (χ1n) is 6.57. The first kappa shape index (κ1) is 14.7. The quantitative estimate of drug-likeness (QED) is 0.749. The molecule has 1 aromatic rings. The Morgan fingerprint density at radius 2 is 2.16 bits per heavy atom. The van der Waals surface area contributed by atoms with E-state index in [0.29, 0.717) is 17.3 Å². The number of hydrogen-bond acceptors (Lipinski definition) is 4. The van der Waals surface area contributed by atoms with Crippen LogP contribution in [0.5, 0.6) is 0 Å². The number of rotatable bonds is 1. The molecule has 2 rings (SSSR count). The molecule has 6 heteroatoms. The van der Waals surface area contributed by atoms with E-state index in [2.05, 4.69) is 16.5 Å². The molecule has 0 saturated carbocycles. The minimum absolute atomic E-state index is 0.0254. The van der Waals surface area contributed by atoms with Crippen molar-refractivity contribution in [1.82, 2.24) is 14.5 Å². The van der Waals surface area contributed by atoms with Crippen molar-refractivity contribution < 1.29 is 4.79 Å². The van der Waals surface area contributed by atoms with E-state index >= 15 is 0 Å². The van der Waals surface area contributed by atoms with E-state index in [0.717, 1.165) is 18.7 Å². The van der Waals surface area contributed by atoms with Crippen molar-refractivity contribution in [3.63, 3.8) is 0 Å². The maximum Gasteiger partial charge on any atom is 0.267 e. The van der Waals surface area contributed by atoms with Crippen LogP contribution in [0.25, 0.3) is 0 Å². The Labute approximate surface area is 123 Å². The van der Waals surface area contributed by atoms with Crippen molar-refractivity contribution in [2.24, 2.45) is 5.92 Å². The predicted molar refractivity (Wildman–Crippen MR) is 77.9 cm³/mol. The lowest BCUT2D eigenvalue weighted by atomic mass is 9.91. The molecule has 2 heterocycles. The second-order valence-electron chi connectivity index (χ2n) is 6.23. The molecule has 1 fully saturated rings. The van der Waals surface area contributed by atoms with Crippen molar-refractivity contribution in [2.75, 3.05) is 13.1 Å². The fourth-order valence-corrected chi connectivity index (χ4v) is 3.31. The molecule has 1 amide bonds. The van der Waals surface area contributed by atoms with Gasteiger partial charge in [0, 0.05) is 18.5 Å². The van der Waals surface area contributed by atoms with Crippen molar-refractivity contribution in [3.05, 3.63) is 10.6 Å². The van der Waals surface area contributed by atoms with E-state index in [1.807, 2.05) is 25.7 Å². The van der Waals surface area contributed by atoms with Crippen LogP contribution in [-0.2, 0) is 5.41 Å². The summed E-state index contributed by atoms with van der Waals surface area (Å²) in [6.45, 7) is 9.65. The summed E-state index contributed by atoms with van der Waals surface area (Å²) in [5.41, 5.74) is 0.619. The van der Waals surface area contributed by atoms with Crippen LogP contribution in [0, 0.1) is 5.92 Å². The van der Waals surface area contributed by atoms with Gasteiger partial charge in [0.05, 0.1) is 11.1 Å². The summed E-state index contributed by atoms with van der Waals surface area (Å²) >= 11 is 7.46. The van der Waals surface area contributed by atoms with Crippen LogP contribution in [0.1, 0.15) is 49.5 Å². The predicted octanol–water partition coefficient (Wildman–Crippen LogP) is 2.93. The Kier molecular flexibility index (Phi) is 4.16. The van der Waals surface area contributed by atoms with Crippen LogP contribution in [0.3, 0.4) is 0 Å². The third kappa shape index (κ3) is 3.08. The van der Waals surface area contributed by atoms with Gasteiger partial charge >= 0.3 is 0 Å². The standard InChI is InChI=1S/C13H20ClN3OS/c1-8-5-6-17(7-9(8)14)12(18)10-11(13(2,3)4)15-16-19-10/h8-9H,5-7H2,1-4H3. The molecule has 106 valence electrons. The van der Waals surface area contributed by atoms with Gasteiger partial charge in [-0.05, 0) is 23.9 Å². The van der Waals surface area contributed by atoms with Crippen LogP contribution in [0.4, 0.5) is 0 Å². The lowest BCUT2D eigenvalue weighted by molar-refractivity contribution is 0.0703. The highest BCUT2D eigenvalue weighted by atomic mass is 35.5. The number of hydrogen-bond donors (Lipinski definition) is 0. The molecule has 2 atom stereocenters. The van der Waals surface area contributed by atoms with Crippen LogP contribution in [0.2, 0.25) is 0 Å². The summed E-state index contributed by atoms with van der Waals surface area (Å²) in [6, 6.07) is 0. The molecule has 1 aromatic heterocycles. The van der Waals surface area contributed by atoms with E-state index in [4.69, 9.17) is 11.6 Å². The monoisotopic (exact) mass is 301 g/mol. The van der Waals surface area contributed by atoms with Gasteiger partial charge in [0.2, 0.25) is 0 Å². The summed E-state index contributed by atoms with van der Waals surface area (Å²) in [6.07, 6.45) is 0.955. The van der Waals surface area contributed by atoms with Gasteiger partial charge in [0.25, 0.3) is 5.91 Å². The molecule has 0 spiro atoms. The van der Waals surface area contributed by atoms with Gasteiger partial charge < -0.3 is 4.90 Å². The van der Waals surface area contributed by atoms with Crippen LogP contribution >= 0.6 is 23.1 Å². The summed E-state index contributed by atoms with van der Waals surface area (Å²) in [7, 11) is 0. The fourth-order valence-electron chi connectivity index (χ4n) is 2.17. The molecular weight excluding hydrogens is 282 g/mol. The van der Waals surface area contributed by atoms with Gasteiger partial charge in [0.1, 0.15) is 4.88 Å². The minimum Gasteiger partial charge on any atom is -0.336 e. The SMILES string of the molecule is CC1CCN(C(=O)c2snnc2C(C)(C)C)CC1Cl. The zero-order valence-electron chi connectivity index (χ0n) is 11.8. The maximum atomic E-state index is 12.6. The molecule has 19 heavy (non-hydrogen) atoms. The maximum absolute atomic E-state index is 12.6. The van der Waals surface area contributed by atoms with Gasteiger partial charge in [-0.1, -0.05) is 32.2 Å². The van der Waals surface area contributed by atoms with E-state index in [-0.39, 0.29) is 16.7 Å². The topological polar surface area (TPSA) is 46.1 Å². The van der Waals surface area contributed by atoms with Gasteiger partial charge in [0.15, 0.2) is 0 Å². The third-order valence-electron chi connectivity index (χ3n) is 3.55. The Hall–Kier alpha value is -0.680. The lowest BCUT2D eigenvalue weighted by Gasteiger charge is -2.34. The van der Waals surface area contributed by atoms with Gasteiger partial charge in [-0.2, -0.15) is 0 Å². The number of nitrogens with zero attached hydrogens (tertiary/aromatic N) is 3. The molecule has 0 N–H and O–H groups in total. The van der Waals surface area contributed by atoms with Crippen LogP contribution < -0.4 is 0 Å². The highest BCUT2D eigenvalue weighted by molar-refractivity contribution is 7.08. The third-order valence-corrected chi connectivity index (χ3v) is 4.83. The second kappa shape index (κ2) is 5.37. The summed E-state index contributed by atoms with van der Waals surface area (Å²) in [4.78, 5) is 15.1. The van der Waals surface area contributed by atoms with Crippen molar-refractivity contribution in [2.45, 2.75) is 44.9 Å². The summed E-state index contributed by atoms with van der Waals surface area (Å²) < 4.78 is 3.95. The molecule has 0 radical (unpaired) electrons. The second-order valence-corrected chi connectivity index (χ2v) is 7.55. The number of halogens is 1. The number of carbonyl (C=O) groups is 1. The Bertz CT molecular complexity index is 469. The fraction of sp³-hybridized carbons (Fsp3) is 0.769. The summed E-state index contributed by atoms with van der Waals surface area (Å²) in [5.74, 6) is 0.491. The van der Waals surface area contributed by atoms with E-state index < -0.39 is 0 Å². The average molecular weight is 302 g/mol. The van der Waals surface area contributed by atoms with Gasteiger partial charge in [-0.15, -0.1) is 16.7 Å². The molecule has 0 aromatic carbocycles. The number of amides is 1. The highest BCUT2D eigenvalue weighted by Crippen LogP contribution is 2.29. The number of carbonyl (C=O) groups excluding carboxylic acids is 1. The van der Waals surface area contributed by atoms with Crippen LogP contribution in [0.15, 0.2) is 0 Å². The summed E-state index contributed by atoms with van der Waals surface area (Å²) in [5, 5.41) is 4.16. The Morgan fingerprint density at radius 1 is 1.47 bits per heavy atom. The molecule has 1 aliphatic heterocycles. The molecule has 0 aliphatic carbocycles. The molecule has 2 unspecified atom stereocenters. The molecule has 4 nitrogen and oxygen atoms in total. The molecular formula is C13H20ClN3OS. The average Bonchev–Trinajstić information content (AvgIpc) is 2.80. The number of likely N-dealkylation sites (tertiary alicyclic amines) is 1. The number of alkyl halides is 1. The zero-order chi connectivity index (χ0) is 14.2. The van der Waals surface area contributed by atoms with Crippen molar-refractivity contribution >= 4 is 29.0 Å². The van der Waals surface area contributed by atoms with Gasteiger partial charge in [-0.3, -0.25) is 4.79 Å². The minimum atomic E-state index is -0.165. The molecule has 0 bridgehead atoms. The van der Waals surface area contributed by atoms with Crippen LogP contribution in [-0.4, -0.2) is 38.9 Å². The van der Waals surface area contributed by atoms with Gasteiger partial charge in [-0.25, -0.2) is 0 Å². The first-order chi connectivity index (χ1) is 8.80. The van der Waals surface area contributed by atoms with E-state index in [1.165, 1.54) is 11.5 Å². The van der Waals surface area contributed by atoms with E-state index in [1.54, 1.807) is 0 Å². The van der Waals surface area contributed by atoms with Crippen molar-refractivity contribution in [3.8, 4) is 0 Å². The Balaban J connectivity index is 2.19. The van der Waals surface area contributed by atoms with Crippen molar-refractivity contribution in [1.29, 1.82) is 0 Å². The smallest absolute Gasteiger partial charge is 0.267 e. The zero-order valence-corrected chi connectivity index (χ0v) is 13.4. The molecule has 1 aliphatic rings. The van der Waals surface area contributed by atoms with E-state index in [9.17, 15) is 4.79 Å². The Morgan fingerprint density at radius 3 is 2.74 bits per heavy atom. The highest BCUT2D eigenvalue weighted by Gasteiger charge is 2.32. The molecule has 1 saturated heterocycles. The number of piperidine rings is 1. The normalized spacial score (nSPS) is 24.6. The number of aromatic nitrogens is 2. The lowest BCUT2D eigenvalue weighted by Crippen LogP contribution is -2.44. The first-order valence-corrected chi connectivity index (χ1v) is 7.78. The largest absolute Gasteiger partial charge is 0.336 e.